The third-order valence-corrected chi connectivity index (χ3v) is 1.69. The summed E-state index contributed by atoms with van der Waals surface area (Å²) in [6, 6.07) is 0.257. The van der Waals surface area contributed by atoms with Crippen molar-refractivity contribution in [1.82, 2.24) is 15.0 Å². The van der Waals surface area contributed by atoms with Gasteiger partial charge in [0.2, 0.25) is 17.8 Å². The SMILES string of the molecule is CCNc1nc(NC(C)C)nc(N(C)N)n1. The van der Waals surface area contributed by atoms with Crippen molar-refractivity contribution in [2.24, 2.45) is 5.84 Å². The van der Waals surface area contributed by atoms with Gasteiger partial charge in [0.25, 0.3) is 0 Å². The minimum atomic E-state index is 0.257. The lowest BCUT2D eigenvalue weighted by Gasteiger charge is -2.14. The summed E-state index contributed by atoms with van der Waals surface area (Å²) in [5.74, 6) is 7.07. The minimum Gasteiger partial charge on any atom is -0.354 e. The summed E-state index contributed by atoms with van der Waals surface area (Å²) >= 11 is 0. The van der Waals surface area contributed by atoms with E-state index in [2.05, 4.69) is 25.6 Å². The van der Waals surface area contributed by atoms with Crippen molar-refractivity contribution in [2.45, 2.75) is 26.8 Å². The molecular weight excluding hydrogens is 206 g/mol. The summed E-state index contributed by atoms with van der Waals surface area (Å²) in [5.41, 5.74) is 0. The van der Waals surface area contributed by atoms with Crippen LogP contribution in [0.5, 0.6) is 0 Å². The lowest BCUT2D eigenvalue weighted by atomic mass is 10.4. The Bertz CT molecular complexity index is 337. The molecule has 0 amide bonds. The van der Waals surface area contributed by atoms with Crippen LogP contribution in [-0.2, 0) is 0 Å². The summed E-state index contributed by atoms with van der Waals surface area (Å²) < 4.78 is 0. The van der Waals surface area contributed by atoms with Crippen LogP contribution in [0.1, 0.15) is 20.8 Å². The molecule has 0 aliphatic carbocycles. The molecule has 7 nitrogen and oxygen atoms in total. The summed E-state index contributed by atoms with van der Waals surface area (Å²) in [5, 5.41) is 7.50. The first kappa shape index (κ1) is 12.4. The molecule has 1 rings (SSSR count). The highest BCUT2D eigenvalue weighted by Gasteiger charge is 2.08. The van der Waals surface area contributed by atoms with Crippen molar-refractivity contribution in [1.29, 1.82) is 0 Å². The monoisotopic (exact) mass is 225 g/mol. The van der Waals surface area contributed by atoms with Crippen LogP contribution in [-0.4, -0.2) is 34.6 Å². The Morgan fingerprint density at radius 2 is 1.88 bits per heavy atom. The van der Waals surface area contributed by atoms with Gasteiger partial charge in [0, 0.05) is 19.6 Å². The Hall–Kier alpha value is -1.63. The first-order valence-corrected chi connectivity index (χ1v) is 5.27. The standard InChI is InChI=1S/C9H19N7/c1-5-11-7-13-8(12-6(2)3)15-9(14-7)16(4)10/h6H,5,10H2,1-4H3,(H2,11,12,13,14,15). The van der Waals surface area contributed by atoms with Crippen LogP contribution in [0.25, 0.3) is 0 Å². The van der Waals surface area contributed by atoms with Gasteiger partial charge in [-0.25, -0.2) is 5.84 Å². The predicted octanol–water partition coefficient (Wildman–Crippen LogP) is 0.434. The van der Waals surface area contributed by atoms with E-state index in [-0.39, 0.29) is 6.04 Å². The minimum absolute atomic E-state index is 0.257. The van der Waals surface area contributed by atoms with E-state index >= 15 is 0 Å². The Morgan fingerprint density at radius 3 is 2.38 bits per heavy atom. The van der Waals surface area contributed by atoms with E-state index in [0.717, 1.165) is 6.54 Å². The molecule has 0 atom stereocenters. The zero-order valence-corrected chi connectivity index (χ0v) is 10.2. The first-order chi connectivity index (χ1) is 7.52. The maximum Gasteiger partial charge on any atom is 0.246 e. The Morgan fingerprint density at radius 1 is 1.25 bits per heavy atom. The number of hydrogen-bond acceptors (Lipinski definition) is 7. The number of rotatable bonds is 5. The normalized spacial score (nSPS) is 10.4. The van der Waals surface area contributed by atoms with Crippen LogP contribution in [0, 0.1) is 0 Å². The summed E-state index contributed by atoms with van der Waals surface area (Å²) in [4.78, 5) is 12.6. The molecular formula is C9H19N7. The molecule has 90 valence electrons. The largest absolute Gasteiger partial charge is 0.354 e. The van der Waals surface area contributed by atoms with Crippen molar-refractivity contribution in [3.8, 4) is 0 Å². The highest BCUT2D eigenvalue weighted by molar-refractivity contribution is 5.42. The fraction of sp³-hybridized carbons (Fsp3) is 0.667. The van der Waals surface area contributed by atoms with Gasteiger partial charge < -0.3 is 10.6 Å². The van der Waals surface area contributed by atoms with Crippen LogP contribution in [0.15, 0.2) is 0 Å². The summed E-state index contributed by atoms with van der Waals surface area (Å²) in [6.07, 6.45) is 0. The second-order valence-corrected chi connectivity index (χ2v) is 3.72. The van der Waals surface area contributed by atoms with Gasteiger partial charge in [-0.05, 0) is 20.8 Å². The number of aromatic nitrogens is 3. The van der Waals surface area contributed by atoms with E-state index in [1.165, 1.54) is 5.01 Å². The van der Waals surface area contributed by atoms with Gasteiger partial charge in [0.1, 0.15) is 0 Å². The average molecular weight is 225 g/mol. The van der Waals surface area contributed by atoms with Crippen LogP contribution >= 0.6 is 0 Å². The molecule has 0 saturated carbocycles. The first-order valence-electron chi connectivity index (χ1n) is 5.27. The van der Waals surface area contributed by atoms with Crippen molar-refractivity contribution in [3.05, 3.63) is 0 Å². The second kappa shape index (κ2) is 5.45. The molecule has 0 radical (unpaired) electrons. The summed E-state index contributed by atoms with van der Waals surface area (Å²) in [6.45, 7) is 6.76. The molecule has 4 N–H and O–H groups in total. The van der Waals surface area contributed by atoms with Crippen LogP contribution < -0.4 is 21.5 Å². The highest BCUT2D eigenvalue weighted by atomic mass is 15.5. The van der Waals surface area contributed by atoms with Crippen LogP contribution in [0.2, 0.25) is 0 Å². The van der Waals surface area contributed by atoms with Crippen LogP contribution in [0.4, 0.5) is 17.8 Å². The highest BCUT2D eigenvalue weighted by Crippen LogP contribution is 2.10. The van der Waals surface area contributed by atoms with E-state index in [0.29, 0.717) is 17.8 Å². The molecule has 1 aromatic heterocycles. The fourth-order valence-corrected chi connectivity index (χ4v) is 1.08. The lowest BCUT2D eigenvalue weighted by Crippen LogP contribution is -2.28. The number of hydrazine groups is 1. The quantitative estimate of drug-likeness (QED) is 0.494. The van der Waals surface area contributed by atoms with Crippen molar-refractivity contribution in [2.75, 3.05) is 29.2 Å². The fourth-order valence-electron chi connectivity index (χ4n) is 1.08. The maximum atomic E-state index is 5.60. The Labute approximate surface area is 95.4 Å². The second-order valence-electron chi connectivity index (χ2n) is 3.72. The van der Waals surface area contributed by atoms with Gasteiger partial charge in [0.15, 0.2) is 0 Å². The predicted molar refractivity (Wildman–Crippen MR) is 65.3 cm³/mol. The molecule has 0 spiro atoms. The van der Waals surface area contributed by atoms with Gasteiger partial charge in [-0.2, -0.15) is 15.0 Å². The molecule has 16 heavy (non-hydrogen) atoms. The van der Waals surface area contributed by atoms with Crippen LogP contribution in [0.3, 0.4) is 0 Å². The molecule has 1 aromatic rings. The third kappa shape index (κ3) is 3.50. The number of nitrogens with two attached hydrogens (primary N) is 1. The van der Waals surface area contributed by atoms with E-state index in [1.807, 2.05) is 20.8 Å². The summed E-state index contributed by atoms with van der Waals surface area (Å²) in [7, 11) is 1.68. The van der Waals surface area contributed by atoms with Gasteiger partial charge in [-0.15, -0.1) is 0 Å². The molecule has 0 fully saturated rings. The Kier molecular flexibility index (Phi) is 4.24. The molecule has 0 aliphatic heterocycles. The number of hydrogen-bond donors (Lipinski definition) is 3. The smallest absolute Gasteiger partial charge is 0.246 e. The molecule has 0 unspecified atom stereocenters. The zero-order valence-electron chi connectivity index (χ0n) is 10.2. The van der Waals surface area contributed by atoms with E-state index < -0.39 is 0 Å². The van der Waals surface area contributed by atoms with E-state index in [1.54, 1.807) is 7.05 Å². The topological polar surface area (TPSA) is 92.0 Å². The number of anilines is 3. The molecule has 0 bridgehead atoms. The van der Waals surface area contributed by atoms with E-state index in [4.69, 9.17) is 5.84 Å². The van der Waals surface area contributed by atoms with Crippen molar-refractivity contribution < 1.29 is 0 Å². The molecule has 0 saturated heterocycles. The Balaban J connectivity index is 2.98. The number of nitrogens with zero attached hydrogens (tertiary/aromatic N) is 4. The van der Waals surface area contributed by atoms with Gasteiger partial charge in [-0.3, -0.25) is 5.01 Å². The van der Waals surface area contributed by atoms with Gasteiger partial charge >= 0.3 is 0 Å². The lowest BCUT2D eigenvalue weighted by molar-refractivity contribution is 0.849. The zero-order chi connectivity index (χ0) is 12.1. The molecule has 0 aliphatic rings. The van der Waals surface area contributed by atoms with E-state index in [9.17, 15) is 0 Å². The maximum absolute atomic E-state index is 5.60. The third-order valence-electron chi connectivity index (χ3n) is 1.69. The molecule has 1 heterocycles. The van der Waals surface area contributed by atoms with Crippen molar-refractivity contribution >= 4 is 17.8 Å². The molecule has 7 heteroatoms. The van der Waals surface area contributed by atoms with Gasteiger partial charge in [-0.1, -0.05) is 0 Å². The number of nitrogens with one attached hydrogen (secondary N) is 2. The van der Waals surface area contributed by atoms with Gasteiger partial charge in [0.05, 0.1) is 0 Å². The average Bonchev–Trinajstić information content (AvgIpc) is 2.16. The van der Waals surface area contributed by atoms with Crippen molar-refractivity contribution in [3.63, 3.8) is 0 Å². The molecule has 0 aromatic carbocycles.